The summed E-state index contributed by atoms with van der Waals surface area (Å²) in [5.41, 5.74) is -1.20. The van der Waals surface area contributed by atoms with Crippen molar-refractivity contribution in [1.82, 2.24) is 0 Å². The average Bonchev–Trinajstić information content (AvgIpc) is 2.59. The highest BCUT2D eigenvalue weighted by molar-refractivity contribution is 6.31. The number of aromatic hydroxyl groups is 3. The Hall–Kier alpha value is -3.61. The fraction of sp³-hybridized carbons (Fsp3) is 0.105. The van der Waals surface area contributed by atoms with E-state index >= 15 is 0 Å². The van der Waals surface area contributed by atoms with Gasteiger partial charge in [0.2, 0.25) is 0 Å². The molecule has 0 saturated carbocycles. The third-order valence-electron chi connectivity index (χ3n) is 4.18. The first-order valence-corrected chi connectivity index (χ1v) is 7.58. The van der Waals surface area contributed by atoms with Gasteiger partial charge in [-0.25, -0.2) is 4.79 Å². The summed E-state index contributed by atoms with van der Waals surface area (Å²) >= 11 is 0. The standard InChI is InChI=1S/C19H14O7/c1-3-6-26-19(25)14-8(2)13-9(7-12(14)22)17(23)15-10(20)4-5-11(21)16(15)18(13)24/h3-5,7,20-22H,1,6H2,2H3. The molecule has 1 aliphatic rings. The van der Waals surface area contributed by atoms with Crippen molar-refractivity contribution in [3.63, 3.8) is 0 Å². The van der Waals surface area contributed by atoms with Gasteiger partial charge < -0.3 is 20.1 Å². The summed E-state index contributed by atoms with van der Waals surface area (Å²) < 4.78 is 4.90. The van der Waals surface area contributed by atoms with Crippen LogP contribution in [0.15, 0.2) is 30.9 Å². The minimum atomic E-state index is -0.881. The summed E-state index contributed by atoms with van der Waals surface area (Å²) in [7, 11) is 0. The van der Waals surface area contributed by atoms with E-state index in [0.29, 0.717) is 0 Å². The number of ether oxygens (including phenoxy) is 1. The molecule has 7 nitrogen and oxygen atoms in total. The van der Waals surface area contributed by atoms with Crippen LogP contribution >= 0.6 is 0 Å². The fourth-order valence-electron chi connectivity index (χ4n) is 3.04. The maximum absolute atomic E-state index is 12.9. The van der Waals surface area contributed by atoms with Crippen LogP contribution in [0.25, 0.3) is 0 Å². The van der Waals surface area contributed by atoms with E-state index in [0.717, 1.165) is 18.2 Å². The minimum Gasteiger partial charge on any atom is -0.507 e. The third-order valence-corrected chi connectivity index (χ3v) is 4.18. The van der Waals surface area contributed by atoms with Crippen LogP contribution in [0.3, 0.4) is 0 Å². The third kappa shape index (κ3) is 2.33. The maximum atomic E-state index is 12.9. The Balaban J connectivity index is 2.28. The quantitative estimate of drug-likeness (QED) is 0.374. The number of hydrogen-bond donors (Lipinski definition) is 3. The molecule has 0 amide bonds. The van der Waals surface area contributed by atoms with Gasteiger partial charge in [-0.2, -0.15) is 0 Å². The molecule has 7 heteroatoms. The normalized spacial score (nSPS) is 12.3. The molecule has 0 bridgehead atoms. The zero-order valence-corrected chi connectivity index (χ0v) is 13.7. The van der Waals surface area contributed by atoms with Crippen molar-refractivity contribution in [2.75, 3.05) is 6.61 Å². The van der Waals surface area contributed by atoms with Gasteiger partial charge in [0, 0.05) is 11.1 Å². The van der Waals surface area contributed by atoms with E-state index in [-0.39, 0.29) is 40.0 Å². The van der Waals surface area contributed by atoms with Gasteiger partial charge in [0.15, 0.2) is 11.6 Å². The van der Waals surface area contributed by atoms with Gasteiger partial charge in [0.1, 0.15) is 29.4 Å². The lowest BCUT2D eigenvalue weighted by Crippen LogP contribution is -2.24. The van der Waals surface area contributed by atoms with Crippen LogP contribution in [0.5, 0.6) is 17.2 Å². The van der Waals surface area contributed by atoms with Crippen LogP contribution in [0.4, 0.5) is 0 Å². The summed E-state index contributed by atoms with van der Waals surface area (Å²) in [4.78, 5) is 37.8. The number of rotatable bonds is 3. The van der Waals surface area contributed by atoms with E-state index < -0.39 is 34.8 Å². The van der Waals surface area contributed by atoms with Crippen molar-refractivity contribution in [1.29, 1.82) is 0 Å². The van der Waals surface area contributed by atoms with E-state index in [2.05, 4.69) is 6.58 Å². The molecule has 0 heterocycles. The molecule has 0 fully saturated rings. The van der Waals surface area contributed by atoms with E-state index in [1.54, 1.807) is 0 Å². The largest absolute Gasteiger partial charge is 0.507 e. The molecule has 0 unspecified atom stereocenters. The second kappa shape index (κ2) is 6.03. The number of benzene rings is 2. The molecule has 2 aromatic carbocycles. The molecule has 0 radical (unpaired) electrons. The molecule has 2 aromatic rings. The van der Waals surface area contributed by atoms with Gasteiger partial charge in [-0.1, -0.05) is 12.7 Å². The van der Waals surface area contributed by atoms with Gasteiger partial charge >= 0.3 is 5.97 Å². The lowest BCUT2D eigenvalue weighted by atomic mass is 9.79. The van der Waals surface area contributed by atoms with E-state index in [9.17, 15) is 29.7 Å². The van der Waals surface area contributed by atoms with Crippen LogP contribution in [0, 0.1) is 6.92 Å². The Labute approximate surface area is 147 Å². The maximum Gasteiger partial charge on any atom is 0.342 e. The van der Waals surface area contributed by atoms with Crippen LogP contribution in [-0.2, 0) is 4.74 Å². The Morgan fingerprint density at radius 2 is 1.62 bits per heavy atom. The van der Waals surface area contributed by atoms with Crippen molar-refractivity contribution >= 4 is 17.5 Å². The summed E-state index contributed by atoms with van der Waals surface area (Å²) in [6.45, 7) is 4.71. The van der Waals surface area contributed by atoms with Gasteiger partial charge in [-0.3, -0.25) is 9.59 Å². The number of hydrogen-bond acceptors (Lipinski definition) is 7. The van der Waals surface area contributed by atoms with Crippen molar-refractivity contribution in [3.8, 4) is 17.2 Å². The lowest BCUT2D eigenvalue weighted by Gasteiger charge is -2.22. The van der Waals surface area contributed by atoms with Crippen LogP contribution in [0.1, 0.15) is 47.8 Å². The van der Waals surface area contributed by atoms with Crippen LogP contribution in [0.2, 0.25) is 0 Å². The zero-order chi connectivity index (χ0) is 19.2. The molecule has 0 atom stereocenters. The molecule has 0 aliphatic heterocycles. The molecule has 1 aliphatic carbocycles. The van der Waals surface area contributed by atoms with Crippen LogP contribution in [-0.4, -0.2) is 39.5 Å². The topological polar surface area (TPSA) is 121 Å². The molecule has 0 saturated heterocycles. The van der Waals surface area contributed by atoms with Gasteiger partial charge in [0.05, 0.1) is 11.1 Å². The second-order valence-electron chi connectivity index (χ2n) is 5.72. The number of phenolic OH excluding ortho intramolecular Hbond substituents is 3. The van der Waals surface area contributed by atoms with Gasteiger partial charge in [-0.05, 0) is 30.7 Å². The first-order valence-electron chi connectivity index (χ1n) is 7.58. The summed E-state index contributed by atoms with van der Waals surface area (Å²) in [6, 6.07) is 3.18. The fourth-order valence-corrected chi connectivity index (χ4v) is 3.04. The smallest absolute Gasteiger partial charge is 0.342 e. The van der Waals surface area contributed by atoms with Crippen LogP contribution < -0.4 is 0 Å². The van der Waals surface area contributed by atoms with Crippen molar-refractivity contribution in [2.24, 2.45) is 0 Å². The first kappa shape index (κ1) is 17.2. The number of esters is 1. The zero-order valence-electron chi connectivity index (χ0n) is 13.7. The molecule has 0 aromatic heterocycles. The van der Waals surface area contributed by atoms with Crippen molar-refractivity contribution < 1.29 is 34.4 Å². The van der Waals surface area contributed by atoms with Crippen molar-refractivity contribution in [2.45, 2.75) is 6.92 Å². The summed E-state index contributed by atoms with van der Waals surface area (Å²) in [5, 5.41) is 30.1. The summed E-state index contributed by atoms with van der Waals surface area (Å²) in [6.07, 6.45) is 1.34. The minimum absolute atomic E-state index is 0.0424. The predicted octanol–water partition coefficient (Wildman–Crippen LogP) is 2.23. The van der Waals surface area contributed by atoms with E-state index in [1.807, 2.05) is 0 Å². The van der Waals surface area contributed by atoms with Gasteiger partial charge in [-0.15, -0.1) is 0 Å². The molecule has 132 valence electrons. The second-order valence-corrected chi connectivity index (χ2v) is 5.72. The monoisotopic (exact) mass is 354 g/mol. The number of phenols is 3. The SMILES string of the molecule is C=CCOC(=O)c1c(O)cc2c(c1C)C(=O)c1c(O)ccc(O)c1C2=O. The highest BCUT2D eigenvalue weighted by Crippen LogP contribution is 2.41. The molecule has 26 heavy (non-hydrogen) atoms. The van der Waals surface area contributed by atoms with Gasteiger partial charge in [0.25, 0.3) is 0 Å². The first-order chi connectivity index (χ1) is 12.3. The Morgan fingerprint density at radius 3 is 2.19 bits per heavy atom. The number of carbonyl (C=O) groups excluding carboxylic acids is 3. The average molecular weight is 354 g/mol. The molecule has 3 N–H and O–H groups in total. The molecular formula is C19H14O7. The number of ketones is 2. The predicted molar refractivity (Wildman–Crippen MR) is 90.0 cm³/mol. The highest BCUT2D eigenvalue weighted by atomic mass is 16.5. The van der Waals surface area contributed by atoms with E-state index in [1.165, 1.54) is 13.0 Å². The van der Waals surface area contributed by atoms with E-state index in [4.69, 9.17) is 4.74 Å². The number of fused-ring (bicyclic) bond motifs is 2. The Kier molecular flexibility index (Phi) is 4.00. The number of carbonyl (C=O) groups is 3. The molecule has 0 spiro atoms. The molecular weight excluding hydrogens is 340 g/mol. The summed E-state index contributed by atoms with van der Waals surface area (Å²) in [5.74, 6) is -3.82. The highest BCUT2D eigenvalue weighted by Gasteiger charge is 2.37. The molecule has 3 rings (SSSR count). The Bertz CT molecular complexity index is 1000. The Morgan fingerprint density at radius 1 is 1.04 bits per heavy atom. The lowest BCUT2D eigenvalue weighted by molar-refractivity contribution is 0.0545. The van der Waals surface area contributed by atoms with Crippen molar-refractivity contribution in [3.05, 3.63) is 64.2 Å².